The predicted octanol–water partition coefficient (Wildman–Crippen LogP) is 0.424. The lowest BCUT2D eigenvalue weighted by molar-refractivity contribution is -0.117. The first-order valence-corrected chi connectivity index (χ1v) is 7.70. The van der Waals surface area contributed by atoms with Gasteiger partial charge in [-0.15, -0.1) is 0 Å². The number of rotatable bonds is 0. The van der Waals surface area contributed by atoms with Crippen molar-refractivity contribution >= 4 is 43.7 Å². The molecule has 3 rings (SSSR count). The van der Waals surface area contributed by atoms with Gasteiger partial charge in [-0.3, -0.25) is 15.3 Å². The fraction of sp³-hybridized carbons (Fsp3) is 0.333. The first-order chi connectivity index (χ1) is 9.49. The van der Waals surface area contributed by atoms with Gasteiger partial charge < -0.3 is 16.0 Å². The minimum Gasteiger partial charge on any atom is -0.352 e. The average molecular weight is 404 g/mol. The fourth-order valence-corrected chi connectivity index (χ4v) is 3.67. The molecule has 0 aromatic rings. The van der Waals surface area contributed by atoms with Crippen LogP contribution in [0.5, 0.6) is 0 Å². The maximum Gasteiger partial charge on any atom is 0.270 e. The maximum atomic E-state index is 12.1. The zero-order valence-corrected chi connectivity index (χ0v) is 13.5. The second-order valence-electron chi connectivity index (χ2n) is 4.70. The van der Waals surface area contributed by atoms with E-state index in [2.05, 4.69) is 47.8 Å². The summed E-state index contributed by atoms with van der Waals surface area (Å²) in [6.45, 7) is 0.493. The maximum absolute atomic E-state index is 12.1. The molecule has 106 valence electrons. The summed E-state index contributed by atoms with van der Waals surface area (Å²) >= 11 is 6.95. The van der Waals surface area contributed by atoms with E-state index in [0.29, 0.717) is 30.7 Å². The Kier molecular flexibility index (Phi) is 3.47. The largest absolute Gasteiger partial charge is 0.352 e. The third kappa shape index (κ3) is 2.11. The van der Waals surface area contributed by atoms with Gasteiger partial charge in [-0.2, -0.15) is 0 Å². The molecule has 2 amide bonds. The Hall–Kier alpha value is -1.12. The number of carbonyl (C=O) groups excluding carboxylic acids is 2. The lowest BCUT2D eigenvalue weighted by atomic mass is 9.98. The minimum absolute atomic E-state index is 0.0929. The molecule has 1 aliphatic carbocycles. The number of hydrogen-bond donors (Lipinski definition) is 4. The van der Waals surface area contributed by atoms with Crippen molar-refractivity contribution in [2.45, 2.75) is 19.1 Å². The van der Waals surface area contributed by atoms with Crippen molar-refractivity contribution in [3.05, 3.63) is 31.4 Å². The Morgan fingerprint density at radius 2 is 1.85 bits per heavy atom. The summed E-state index contributed by atoms with van der Waals surface area (Å²) in [6.07, 6.45) is 0.503. The zero-order chi connectivity index (χ0) is 14.4. The van der Waals surface area contributed by atoms with Crippen LogP contribution in [-0.2, 0) is 9.59 Å². The van der Waals surface area contributed by atoms with Gasteiger partial charge in [0.15, 0.2) is 6.29 Å². The van der Waals surface area contributed by atoms with Crippen LogP contribution in [0.2, 0.25) is 0 Å². The van der Waals surface area contributed by atoms with Crippen LogP contribution in [0.15, 0.2) is 31.4 Å². The van der Waals surface area contributed by atoms with Gasteiger partial charge in [0, 0.05) is 33.1 Å². The number of nitrogens with one attached hydrogen (secondary N) is 3. The highest BCUT2D eigenvalue weighted by molar-refractivity contribution is 9.14. The molecule has 8 heteroatoms. The van der Waals surface area contributed by atoms with E-state index < -0.39 is 6.29 Å². The Balaban J connectivity index is 2.17. The number of nitrogens with two attached hydrogens (primary N) is 1. The highest BCUT2D eigenvalue weighted by Gasteiger charge is 2.35. The number of halogens is 2. The molecule has 5 N–H and O–H groups in total. The summed E-state index contributed by atoms with van der Waals surface area (Å²) in [5.74, 6) is -0.332. The zero-order valence-electron chi connectivity index (χ0n) is 10.3. The van der Waals surface area contributed by atoms with Crippen molar-refractivity contribution in [1.82, 2.24) is 16.0 Å². The van der Waals surface area contributed by atoms with Crippen molar-refractivity contribution in [3.8, 4) is 0 Å². The molecular formula is C12H12Br2N4O2. The molecule has 0 aromatic carbocycles. The molecule has 3 aliphatic rings. The second-order valence-corrected chi connectivity index (χ2v) is 6.45. The molecule has 0 radical (unpaired) electrons. The predicted molar refractivity (Wildman–Crippen MR) is 80.4 cm³/mol. The number of amides is 2. The van der Waals surface area contributed by atoms with Gasteiger partial charge in [0.1, 0.15) is 5.70 Å². The number of hydrogen-bond acceptors (Lipinski definition) is 4. The van der Waals surface area contributed by atoms with Crippen LogP contribution in [0.4, 0.5) is 0 Å². The van der Waals surface area contributed by atoms with Crippen LogP contribution < -0.4 is 21.7 Å². The van der Waals surface area contributed by atoms with E-state index in [1.807, 2.05) is 0 Å². The summed E-state index contributed by atoms with van der Waals surface area (Å²) in [7, 11) is 0. The Bertz CT molecular complexity index is 621. The van der Waals surface area contributed by atoms with Crippen molar-refractivity contribution in [2.24, 2.45) is 5.73 Å². The van der Waals surface area contributed by atoms with E-state index in [9.17, 15) is 9.59 Å². The van der Waals surface area contributed by atoms with Gasteiger partial charge in [-0.05, 0) is 27.9 Å². The smallest absolute Gasteiger partial charge is 0.270 e. The monoisotopic (exact) mass is 402 g/mol. The lowest BCUT2D eigenvalue weighted by Crippen LogP contribution is -2.40. The van der Waals surface area contributed by atoms with Crippen LogP contribution in [0, 0.1) is 0 Å². The Morgan fingerprint density at radius 3 is 2.50 bits per heavy atom. The SMILES string of the molecule is NC1NC(=O)/C(=C2/CCNC(=O)C3=C2C(Br)=C(Br)C3)N1. The minimum atomic E-state index is -0.589. The van der Waals surface area contributed by atoms with Gasteiger partial charge in [-0.1, -0.05) is 15.9 Å². The molecule has 1 atom stereocenters. The molecule has 1 fully saturated rings. The van der Waals surface area contributed by atoms with Crippen molar-refractivity contribution in [2.75, 3.05) is 6.54 Å². The van der Waals surface area contributed by atoms with E-state index in [0.717, 1.165) is 20.1 Å². The first-order valence-electron chi connectivity index (χ1n) is 6.11. The highest BCUT2D eigenvalue weighted by atomic mass is 79.9. The molecule has 1 unspecified atom stereocenters. The van der Waals surface area contributed by atoms with Crippen molar-refractivity contribution in [3.63, 3.8) is 0 Å². The Labute approximate surface area is 132 Å². The standard InChI is InChI=1S/C12H12Br2N4O2/c13-6-3-5-7(8(6)14)4(1-2-16-10(5)19)9-11(20)18-12(15)17-9/h12,17H,1-3,15H2,(H,16,19)(H,18,20)/b9-4+. The van der Waals surface area contributed by atoms with Gasteiger partial charge in [0.05, 0.1) is 0 Å². The first kappa shape index (κ1) is 13.8. The van der Waals surface area contributed by atoms with Crippen LogP contribution in [-0.4, -0.2) is 24.6 Å². The van der Waals surface area contributed by atoms with Crippen LogP contribution in [0.25, 0.3) is 0 Å². The molecule has 20 heavy (non-hydrogen) atoms. The van der Waals surface area contributed by atoms with Crippen LogP contribution >= 0.6 is 31.9 Å². The molecule has 2 aliphatic heterocycles. The lowest BCUT2D eigenvalue weighted by Gasteiger charge is -2.11. The molecule has 0 aromatic heterocycles. The molecule has 0 bridgehead atoms. The molecule has 1 saturated heterocycles. The van der Waals surface area contributed by atoms with E-state index in [1.54, 1.807) is 0 Å². The van der Waals surface area contributed by atoms with Crippen molar-refractivity contribution in [1.29, 1.82) is 0 Å². The number of allylic oxidation sites excluding steroid dienone is 3. The van der Waals surface area contributed by atoms with E-state index in [4.69, 9.17) is 5.73 Å². The van der Waals surface area contributed by atoms with Gasteiger partial charge in [-0.25, -0.2) is 0 Å². The molecule has 6 nitrogen and oxygen atoms in total. The quantitative estimate of drug-likeness (QED) is 0.441. The molecule has 0 saturated carbocycles. The second kappa shape index (κ2) is 5.01. The Morgan fingerprint density at radius 1 is 1.10 bits per heavy atom. The average Bonchev–Trinajstić information content (AvgIpc) is 2.81. The number of carbonyl (C=O) groups is 2. The molecule has 2 heterocycles. The van der Waals surface area contributed by atoms with E-state index >= 15 is 0 Å². The molecular weight excluding hydrogens is 392 g/mol. The summed E-state index contributed by atoms with van der Waals surface area (Å²) in [6, 6.07) is 0. The summed E-state index contributed by atoms with van der Waals surface area (Å²) in [4.78, 5) is 24.1. The third-order valence-electron chi connectivity index (χ3n) is 3.44. The molecule has 0 spiro atoms. The third-order valence-corrected chi connectivity index (χ3v) is 5.53. The van der Waals surface area contributed by atoms with Gasteiger partial charge >= 0.3 is 0 Å². The summed E-state index contributed by atoms with van der Waals surface area (Å²) < 4.78 is 1.72. The van der Waals surface area contributed by atoms with Crippen LogP contribution in [0.3, 0.4) is 0 Å². The summed E-state index contributed by atoms with van der Waals surface area (Å²) in [5, 5.41) is 8.38. The van der Waals surface area contributed by atoms with Gasteiger partial charge in [0.25, 0.3) is 5.91 Å². The van der Waals surface area contributed by atoms with Crippen LogP contribution in [0.1, 0.15) is 12.8 Å². The topological polar surface area (TPSA) is 96.2 Å². The van der Waals surface area contributed by atoms with E-state index in [-0.39, 0.29) is 11.8 Å². The summed E-state index contributed by atoms with van der Waals surface area (Å²) in [5.41, 5.74) is 8.39. The highest BCUT2D eigenvalue weighted by Crippen LogP contribution is 2.45. The van der Waals surface area contributed by atoms with Gasteiger partial charge in [0.2, 0.25) is 5.91 Å². The fourth-order valence-electron chi connectivity index (χ4n) is 2.58. The van der Waals surface area contributed by atoms with E-state index in [1.165, 1.54) is 0 Å². The van der Waals surface area contributed by atoms with Crippen molar-refractivity contribution < 1.29 is 9.59 Å². The normalized spacial score (nSPS) is 30.1.